The number of non-ortho nitro benzene ring substituents is 1. The van der Waals surface area contributed by atoms with Gasteiger partial charge in [-0.1, -0.05) is 30.3 Å². The molecule has 2 rings (SSSR count). The van der Waals surface area contributed by atoms with Gasteiger partial charge in [-0.3, -0.25) is 10.1 Å². The van der Waals surface area contributed by atoms with Crippen LogP contribution in [-0.4, -0.2) is 13.3 Å². The molecule has 0 aliphatic carbocycles. The molecular weight excluding hydrogens is 290 g/mol. The quantitative estimate of drug-likeness (QED) is 0.495. The molecule has 0 aliphatic rings. The summed E-state index contributed by atoms with van der Waals surface area (Å²) in [5.41, 5.74) is 0.636. The Kier molecular flexibility index (Phi) is 3.55. The van der Waals surface area contributed by atoms with Crippen molar-refractivity contribution in [3.8, 4) is 11.1 Å². The summed E-state index contributed by atoms with van der Waals surface area (Å²) in [6.07, 6.45) is 0. The molecule has 2 aromatic carbocycles. The predicted octanol–water partition coefficient (Wildman–Crippen LogP) is 3.19. The normalized spacial score (nSPS) is 11.2. The zero-order valence-corrected chi connectivity index (χ0v) is 11.1. The number of hydrogen-bond acceptors (Lipinski definition) is 4. The van der Waals surface area contributed by atoms with Crippen molar-refractivity contribution in [1.82, 2.24) is 0 Å². The van der Waals surface area contributed by atoms with Crippen LogP contribution in [0.15, 0.2) is 53.4 Å². The average Bonchev–Trinajstić information content (AvgIpc) is 2.38. The first kappa shape index (κ1) is 13.5. The summed E-state index contributed by atoms with van der Waals surface area (Å²) in [7, 11) is 1.27. The van der Waals surface area contributed by atoms with E-state index >= 15 is 0 Å². The number of benzene rings is 2. The predicted molar refractivity (Wildman–Crippen MR) is 71.6 cm³/mol. The van der Waals surface area contributed by atoms with Crippen molar-refractivity contribution in [1.29, 1.82) is 0 Å². The summed E-state index contributed by atoms with van der Waals surface area (Å²) in [5.74, 6) is 0. The zero-order valence-electron chi connectivity index (χ0n) is 9.49. The van der Waals surface area contributed by atoms with Crippen molar-refractivity contribution < 1.29 is 13.3 Å². The first-order chi connectivity index (χ1) is 8.89. The highest BCUT2D eigenvalue weighted by Crippen LogP contribution is 2.32. The van der Waals surface area contributed by atoms with Gasteiger partial charge in [0.25, 0.3) is 14.7 Å². The summed E-state index contributed by atoms with van der Waals surface area (Å²) in [6, 6.07) is 12.2. The second-order valence-electron chi connectivity index (χ2n) is 3.74. The highest BCUT2D eigenvalue weighted by atomic mass is 35.7. The van der Waals surface area contributed by atoms with E-state index in [1.807, 2.05) is 0 Å². The van der Waals surface area contributed by atoms with Gasteiger partial charge in [-0.05, 0) is 11.6 Å². The van der Waals surface area contributed by atoms with Gasteiger partial charge in [0, 0.05) is 28.4 Å². The van der Waals surface area contributed by atoms with Gasteiger partial charge in [0.2, 0.25) is 0 Å². The van der Waals surface area contributed by atoms with E-state index in [0.29, 0.717) is 11.1 Å². The van der Waals surface area contributed by atoms with E-state index in [0.717, 1.165) is 6.07 Å². The van der Waals surface area contributed by atoms with Gasteiger partial charge in [0.1, 0.15) is 0 Å². The molecule has 7 heteroatoms. The van der Waals surface area contributed by atoms with E-state index in [4.69, 9.17) is 10.7 Å². The van der Waals surface area contributed by atoms with Crippen LogP contribution in [0.3, 0.4) is 0 Å². The Bertz CT molecular complexity index is 729. The standard InChI is InChI=1S/C12H8ClNO4S/c13-19(17,18)12-8-10(14(15)16)6-7-11(12)9-4-2-1-3-5-9/h1-8H. The molecule has 0 spiro atoms. The van der Waals surface area contributed by atoms with Crippen molar-refractivity contribution in [2.24, 2.45) is 0 Å². The van der Waals surface area contributed by atoms with Gasteiger partial charge in [-0.25, -0.2) is 8.42 Å². The zero-order chi connectivity index (χ0) is 14.0. The van der Waals surface area contributed by atoms with Crippen LogP contribution in [0.4, 0.5) is 5.69 Å². The lowest BCUT2D eigenvalue weighted by Gasteiger charge is -2.06. The number of nitro groups is 1. The van der Waals surface area contributed by atoms with Crippen LogP contribution in [0.1, 0.15) is 0 Å². The molecule has 0 aliphatic heterocycles. The van der Waals surface area contributed by atoms with Crippen molar-refractivity contribution >= 4 is 25.4 Å². The summed E-state index contributed by atoms with van der Waals surface area (Å²) in [6.45, 7) is 0. The fourth-order valence-corrected chi connectivity index (χ4v) is 2.78. The maximum atomic E-state index is 11.5. The van der Waals surface area contributed by atoms with Crippen LogP contribution in [0.5, 0.6) is 0 Å². The van der Waals surface area contributed by atoms with Gasteiger partial charge < -0.3 is 0 Å². The summed E-state index contributed by atoms with van der Waals surface area (Å²) >= 11 is 0. The molecule has 2 aromatic rings. The van der Waals surface area contributed by atoms with Crippen molar-refractivity contribution in [2.45, 2.75) is 4.90 Å². The maximum absolute atomic E-state index is 11.5. The van der Waals surface area contributed by atoms with E-state index in [1.165, 1.54) is 12.1 Å². The van der Waals surface area contributed by atoms with Crippen LogP contribution in [0.25, 0.3) is 11.1 Å². The topological polar surface area (TPSA) is 77.3 Å². The van der Waals surface area contributed by atoms with Gasteiger partial charge in [0.05, 0.1) is 9.82 Å². The Hall–Kier alpha value is -1.92. The third kappa shape index (κ3) is 2.91. The fourth-order valence-electron chi connectivity index (χ4n) is 1.68. The Morgan fingerprint density at radius 1 is 1.05 bits per heavy atom. The van der Waals surface area contributed by atoms with Gasteiger partial charge >= 0.3 is 0 Å². The summed E-state index contributed by atoms with van der Waals surface area (Å²) < 4.78 is 23.1. The molecule has 0 N–H and O–H groups in total. The lowest BCUT2D eigenvalue weighted by atomic mass is 10.1. The molecule has 98 valence electrons. The van der Waals surface area contributed by atoms with E-state index < -0.39 is 14.0 Å². The van der Waals surface area contributed by atoms with Crippen LogP contribution >= 0.6 is 10.7 Å². The van der Waals surface area contributed by atoms with E-state index in [2.05, 4.69) is 0 Å². The lowest BCUT2D eigenvalue weighted by Crippen LogP contribution is -1.97. The van der Waals surface area contributed by atoms with Gasteiger partial charge in [-0.15, -0.1) is 0 Å². The summed E-state index contributed by atoms with van der Waals surface area (Å²) in [5, 5.41) is 10.7. The van der Waals surface area contributed by atoms with Crippen LogP contribution in [0, 0.1) is 10.1 Å². The minimum Gasteiger partial charge on any atom is -0.258 e. The van der Waals surface area contributed by atoms with Gasteiger partial charge in [-0.2, -0.15) is 0 Å². The van der Waals surface area contributed by atoms with Crippen molar-refractivity contribution in [3.63, 3.8) is 0 Å². The molecular formula is C12H8ClNO4S. The lowest BCUT2D eigenvalue weighted by molar-refractivity contribution is -0.385. The number of rotatable bonds is 3. The minimum absolute atomic E-state index is 0.269. The third-order valence-corrected chi connectivity index (χ3v) is 3.89. The minimum atomic E-state index is -4.07. The average molecular weight is 298 g/mol. The fraction of sp³-hybridized carbons (Fsp3) is 0. The monoisotopic (exact) mass is 297 g/mol. The van der Waals surface area contributed by atoms with Crippen LogP contribution in [0.2, 0.25) is 0 Å². The van der Waals surface area contributed by atoms with E-state index in [-0.39, 0.29) is 10.6 Å². The first-order valence-corrected chi connectivity index (χ1v) is 7.49. The number of nitro benzene ring substituents is 1. The maximum Gasteiger partial charge on any atom is 0.270 e. The second-order valence-corrected chi connectivity index (χ2v) is 6.28. The van der Waals surface area contributed by atoms with Gasteiger partial charge in [0.15, 0.2) is 0 Å². The molecule has 0 radical (unpaired) electrons. The molecule has 0 aromatic heterocycles. The Labute approximate surface area is 114 Å². The van der Waals surface area contributed by atoms with Crippen molar-refractivity contribution in [2.75, 3.05) is 0 Å². The molecule has 5 nitrogen and oxygen atoms in total. The molecule has 0 fully saturated rings. The molecule has 19 heavy (non-hydrogen) atoms. The largest absolute Gasteiger partial charge is 0.270 e. The molecule has 0 unspecified atom stereocenters. The van der Waals surface area contributed by atoms with Crippen molar-refractivity contribution in [3.05, 3.63) is 58.6 Å². The number of nitrogens with zero attached hydrogens (tertiary/aromatic N) is 1. The molecule has 0 heterocycles. The molecule has 0 amide bonds. The smallest absolute Gasteiger partial charge is 0.258 e. The molecule has 0 bridgehead atoms. The Balaban J connectivity index is 2.72. The van der Waals surface area contributed by atoms with Crippen LogP contribution < -0.4 is 0 Å². The Morgan fingerprint density at radius 2 is 1.68 bits per heavy atom. The number of hydrogen-bond donors (Lipinski definition) is 0. The summed E-state index contributed by atoms with van der Waals surface area (Å²) in [4.78, 5) is 9.76. The molecule has 0 saturated heterocycles. The number of halogens is 1. The van der Waals surface area contributed by atoms with E-state index in [9.17, 15) is 18.5 Å². The first-order valence-electron chi connectivity index (χ1n) is 5.18. The highest BCUT2D eigenvalue weighted by molar-refractivity contribution is 8.13. The Morgan fingerprint density at radius 3 is 2.21 bits per heavy atom. The van der Waals surface area contributed by atoms with Crippen LogP contribution in [-0.2, 0) is 9.05 Å². The highest BCUT2D eigenvalue weighted by Gasteiger charge is 2.20. The SMILES string of the molecule is O=[N+]([O-])c1ccc(-c2ccccc2)c(S(=O)(=O)Cl)c1. The third-order valence-electron chi connectivity index (χ3n) is 2.52. The second kappa shape index (κ2) is 4.99. The molecule has 0 saturated carbocycles. The molecule has 0 atom stereocenters. The van der Waals surface area contributed by atoms with E-state index in [1.54, 1.807) is 30.3 Å².